The summed E-state index contributed by atoms with van der Waals surface area (Å²) in [6.07, 6.45) is 0. The molecule has 0 bridgehead atoms. The van der Waals surface area contributed by atoms with Gasteiger partial charge in [-0.25, -0.2) is 0 Å². The molecule has 8 nitrogen and oxygen atoms in total. The second-order valence-corrected chi connectivity index (χ2v) is 2.31. The molecule has 0 atom stereocenters. The van der Waals surface area contributed by atoms with Gasteiger partial charge < -0.3 is 10.2 Å². The summed E-state index contributed by atoms with van der Waals surface area (Å²) in [6, 6.07) is 0.916. The highest BCUT2D eigenvalue weighted by molar-refractivity contribution is 5.59. The number of hydrogen-bond acceptors (Lipinski definition) is 6. The van der Waals surface area contributed by atoms with Crippen LogP contribution in [0.1, 0.15) is 0 Å². The molecule has 1 aromatic rings. The van der Waals surface area contributed by atoms with Crippen molar-refractivity contribution in [1.82, 2.24) is 0 Å². The molecule has 0 aliphatic carbocycles. The monoisotopic (exact) mass is 198 g/mol. The van der Waals surface area contributed by atoms with E-state index in [9.17, 15) is 30.4 Å². The Morgan fingerprint density at radius 1 is 1.00 bits per heavy atom. The van der Waals surface area contributed by atoms with Gasteiger partial charge in [0, 0.05) is 6.07 Å². The zero-order chi connectivity index (χ0) is 10.9. The van der Waals surface area contributed by atoms with E-state index in [1.165, 1.54) is 0 Å². The molecule has 0 unspecified atom stereocenters. The number of nitro benzene ring substituents is 2. The fourth-order valence-corrected chi connectivity index (χ4v) is 0.814. The van der Waals surface area contributed by atoms with Gasteiger partial charge in [0.15, 0.2) is 0 Å². The van der Waals surface area contributed by atoms with Gasteiger partial charge in [-0.15, -0.1) is 5.75 Å². The summed E-state index contributed by atoms with van der Waals surface area (Å²) >= 11 is 0. The standard InChI is InChI=1S/C6H4N2O6/c9-5-2-3(7(11)12)1-4(6(5)10)8(13)14/h1-2,9-10H/p-2. The van der Waals surface area contributed by atoms with Crippen LogP contribution in [0.4, 0.5) is 11.4 Å². The minimum Gasteiger partial charge on any atom is -0.873 e. The van der Waals surface area contributed by atoms with Gasteiger partial charge in [0.2, 0.25) is 0 Å². The molecule has 1 rings (SSSR count). The van der Waals surface area contributed by atoms with Crippen LogP contribution in [-0.2, 0) is 0 Å². The predicted molar refractivity (Wildman–Crippen MR) is 38.6 cm³/mol. The van der Waals surface area contributed by atoms with Crippen molar-refractivity contribution in [3.8, 4) is 11.5 Å². The van der Waals surface area contributed by atoms with E-state index in [-0.39, 0.29) is 0 Å². The van der Waals surface area contributed by atoms with Crippen LogP contribution in [0.3, 0.4) is 0 Å². The van der Waals surface area contributed by atoms with E-state index < -0.39 is 32.7 Å². The fourth-order valence-electron chi connectivity index (χ4n) is 0.814. The molecule has 0 aliphatic heterocycles. The highest BCUT2D eigenvalue weighted by Crippen LogP contribution is 2.34. The molecule has 0 aromatic heterocycles. The SMILES string of the molecule is O=[N+]([O-])c1cc([O-])c([O-])c([N+](=O)[O-])c1. The second-order valence-electron chi connectivity index (χ2n) is 2.31. The lowest BCUT2D eigenvalue weighted by Crippen LogP contribution is -2.04. The van der Waals surface area contributed by atoms with Crippen LogP contribution < -0.4 is 10.2 Å². The molecule has 0 radical (unpaired) electrons. The molecule has 0 amide bonds. The van der Waals surface area contributed by atoms with Crippen LogP contribution >= 0.6 is 0 Å². The molecular weight excluding hydrogens is 196 g/mol. The first-order chi connectivity index (χ1) is 6.43. The third-order valence-corrected chi connectivity index (χ3v) is 1.43. The second kappa shape index (κ2) is 3.17. The van der Waals surface area contributed by atoms with E-state index in [1.54, 1.807) is 0 Å². The van der Waals surface area contributed by atoms with Crippen LogP contribution in [0.2, 0.25) is 0 Å². The zero-order valence-electron chi connectivity index (χ0n) is 6.50. The maximum absolute atomic E-state index is 10.8. The fraction of sp³-hybridized carbons (Fsp3) is 0. The third kappa shape index (κ3) is 1.53. The molecule has 0 saturated carbocycles. The largest absolute Gasteiger partial charge is 0.873 e. The summed E-state index contributed by atoms with van der Waals surface area (Å²) in [5.41, 5.74) is -1.84. The van der Waals surface area contributed by atoms with Crippen molar-refractivity contribution in [3.05, 3.63) is 32.4 Å². The molecular formula is C6H2N2O6-2. The van der Waals surface area contributed by atoms with Crippen LogP contribution in [0.15, 0.2) is 12.1 Å². The number of nitrogens with zero attached hydrogens (tertiary/aromatic N) is 2. The van der Waals surface area contributed by atoms with E-state index in [4.69, 9.17) is 0 Å². The summed E-state index contributed by atoms with van der Waals surface area (Å²) in [5.74, 6) is -2.61. The minimum atomic E-state index is -1.35. The van der Waals surface area contributed by atoms with Crippen molar-refractivity contribution in [2.24, 2.45) is 0 Å². The Labute approximate surface area is 76.3 Å². The van der Waals surface area contributed by atoms with Gasteiger partial charge >= 0.3 is 0 Å². The third-order valence-electron chi connectivity index (χ3n) is 1.43. The lowest BCUT2D eigenvalue weighted by Gasteiger charge is -2.16. The minimum absolute atomic E-state index is 0.454. The van der Waals surface area contributed by atoms with Gasteiger partial charge in [0.1, 0.15) is 0 Å². The summed E-state index contributed by atoms with van der Waals surface area (Å²) < 4.78 is 0. The lowest BCUT2D eigenvalue weighted by atomic mass is 10.2. The van der Waals surface area contributed by atoms with Gasteiger partial charge in [0.05, 0.1) is 15.9 Å². The van der Waals surface area contributed by atoms with Gasteiger partial charge in [-0.1, -0.05) is 0 Å². The van der Waals surface area contributed by atoms with Crippen molar-refractivity contribution >= 4 is 11.4 Å². The maximum Gasteiger partial charge on any atom is 0.275 e. The van der Waals surface area contributed by atoms with Crippen molar-refractivity contribution in [3.63, 3.8) is 0 Å². The number of rotatable bonds is 2. The summed E-state index contributed by atoms with van der Waals surface area (Å²) in [5, 5.41) is 41.9. The van der Waals surface area contributed by atoms with Crippen molar-refractivity contribution in [2.45, 2.75) is 0 Å². The Bertz CT molecular complexity index is 415. The number of nitro groups is 2. The molecule has 0 saturated heterocycles. The van der Waals surface area contributed by atoms with Crippen molar-refractivity contribution < 1.29 is 20.1 Å². The molecule has 74 valence electrons. The van der Waals surface area contributed by atoms with E-state index in [2.05, 4.69) is 0 Å². The molecule has 14 heavy (non-hydrogen) atoms. The summed E-state index contributed by atoms with van der Waals surface area (Å²) in [4.78, 5) is 18.3. The molecule has 0 heterocycles. The Kier molecular flexibility index (Phi) is 2.19. The average Bonchev–Trinajstić information content (AvgIpc) is 2.08. The van der Waals surface area contributed by atoms with Gasteiger partial charge in [-0.2, -0.15) is 0 Å². The maximum atomic E-state index is 10.8. The molecule has 1 aromatic carbocycles. The molecule has 8 heteroatoms. The Balaban J connectivity index is 3.43. The normalized spacial score (nSPS) is 9.71. The lowest BCUT2D eigenvalue weighted by molar-refractivity contribution is -0.407. The van der Waals surface area contributed by atoms with Gasteiger partial charge in [-0.05, 0) is 5.75 Å². The first kappa shape index (κ1) is 9.71. The van der Waals surface area contributed by atoms with Gasteiger partial charge in [-0.3, -0.25) is 20.2 Å². The summed E-state index contributed by atoms with van der Waals surface area (Å²) in [6.45, 7) is 0. The molecule has 0 fully saturated rings. The highest BCUT2D eigenvalue weighted by atomic mass is 16.6. The Hall–Kier alpha value is -2.38. The van der Waals surface area contributed by atoms with E-state index >= 15 is 0 Å². The van der Waals surface area contributed by atoms with Crippen molar-refractivity contribution in [1.29, 1.82) is 0 Å². The quantitative estimate of drug-likeness (QED) is 0.471. The number of benzene rings is 1. The molecule has 0 spiro atoms. The smallest absolute Gasteiger partial charge is 0.275 e. The summed E-state index contributed by atoms with van der Waals surface area (Å²) in [7, 11) is 0. The zero-order valence-corrected chi connectivity index (χ0v) is 6.50. The van der Waals surface area contributed by atoms with Crippen LogP contribution in [-0.4, -0.2) is 9.85 Å². The first-order valence-electron chi connectivity index (χ1n) is 3.24. The first-order valence-corrected chi connectivity index (χ1v) is 3.24. The van der Waals surface area contributed by atoms with E-state index in [1.807, 2.05) is 0 Å². The highest BCUT2D eigenvalue weighted by Gasteiger charge is 2.14. The molecule has 0 N–H and O–H groups in total. The van der Waals surface area contributed by atoms with Crippen LogP contribution in [0, 0.1) is 20.2 Å². The number of hydrogen-bond donors (Lipinski definition) is 0. The van der Waals surface area contributed by atoms with E-state index in [0.29, 0.717) is 12.1 Å². The Morgan fingerprint density at radius 2 is 1.57 bits per heavy atom. The Morgan fingerprint density at radius 3 is 2.00 bits per heavy atom. The van der Waals surface area contributed by atoms with Crippen LogP contribution in [0.25, 0.3) is 0 Å². The number of non-ortho nitro benzene ring substituents is 1. The topological polar surface area (TPSA) is 132 Å². The predicted octanol–water partition coefficient (Wildman–Crippen LogP) is -0.350. The molecule has 0 aliphatic rings. The van der Waals surface area contributed by atoms with E-state index in [0.717, 1.165) is 0 Å². The average molecular weight is 198 g/mol. The van der Waals surface area contributed by atoms with Crippen LogP contribution in [0.5, 0.6) is 11.5 Å². The van der Waals surface area contributed by atoms with Gasteiger partial charge in [0.25, 0.3) is 11.4 Å². The van der Waals surface area contributed by atoms with Crippen molar-refractivity contribution in [2.75, 3.05) is 0 Å².